The Labute approximate surface area is 119 Å². The van der Waals surface area contributed by atoms with Crippen LogP contribution in [0, 0.1) is 0 Å². The average molecular weight is 357 g/mol. The van der Waals surface area contributed by atoms with E-state index in [1.807, 2.05) is 30.3 Å². The van der Waals surface area contributed by atoms with E-state index in [0.717, 1.165) is 5.56 Å². The third-order valence-corrected chi connectivity index (χ3v) is 3.21. The number of halogens is 2. The Kier molecular flexibility index (Phi) is 5.51. The van der Waals surface area contributed by atoms with Gasteiger partial charge in [0.2, 0.25) is 0 Å². The molecule has 0 amide bonds. The van der Waals surface area contributed by atoms with Gasteiger partial charge in [-0.3, -0.25) is 9.78 Å². The Hall–Kier alpha value is -1.00. The van der Waals surface area contributed by atoms with Crippen LogP contribution in [0.25, 0.3) is 0 Å². The van der Waals surface area contributed by atoms with Crippen LogP contribution >= 0.6 is 32.9 Å². The Morgan fingerprint density at radius 1 is 1.12 bits per heavy atom. The van der Waals surface area contributed by atoms with Crippen LogP contribution in [0.4, 0.5) is 0 Å². The molecule has 1 aromatic carbocycles. The largest absolute Gasteiger partial charge is 0.292 e. The van der Waals surface area contributed by atoms with E-state index in [9.17, 15) is 4.79 Å². The quantitative estimate of drug-likeness (QED) is 0.615. The maximum Gasteiger partial charge on any atom is 0.182 e. The minimum atomic E-state index is -0.308. The second-order valence-electron chi connectivity index (χ2n) is 3.38. The minimum Gasteiger partial charge on any atom is -0.292 e. The van der Waals surface area contributed by atoms with Gasteiger partial charge in [0, 0.05) is 18.0 Å². The third kappa shape index (κ3) is 3.48. The first-order valence-corrected chi connectivity index (χ1v) is 5.84. The molecule has 0 N–H and O–H groups in total. The number of hydrogen-bond acceptors (Lipinski definition) is 2. The molecule has 4 heteroatoms. The van der Waals surface area contributed by atoms with Crippen LogP contribution in [0.5, 0.6) is 0 Å². The van der Waals surface area contributed by atoms with Crippen molar-refractivity contribution in [3.05, 3.63) is 66.0 Å². The number of hydrogen-bond donors (Lipinski definition) is 0. The zero-order chi connectivity index (χ0) is 11.4. The lowest BCUT2D eigenvalue weighted by Gasteiger charge is -2.08. The molecule has 17 heavy (non-hydrogen) atoms. The molecule has 0 saturated heterocycles. The third-order valence-electron chi connectivity index (χ3n) is 2.27. The van der Waals surface area contributed by atoms with Gasteiger partial charge in [-0.2, -0.15) is 0 Å². The second kappa shape index (κ2) is 6.67. The molecular formula is C13H11Br2NO. The van der Waals surface area contributed by atoms with Crippen molar-refractivity contribution in [1.29, 1.82) is 0 Å². The maximum atomic E-state index is 12.1. The molecule has 1 heterocycles. The predicted octanol–water partition coefficient (Wildman–Crippen LogP) is 3.98. The Balaban J connectivity index is 0.00000144. The molecule has 1 aromatic heterocycles. The van der Waals surface area contributed by atoms with E-state index in [1.54, 1.807) is 24.5 Å². The van der Waals surface area contributed by atoms with E-state index in [0.29, 0.717) is 5.56 Å². The summed E-state index contributed by atoms with van der Waals surface area (Å²) in [6.45, 7) is 0. The van der Waals surface area contributed by atoms with Gasteiger partial charge in [-0.15, -0.1) is 17.0 Å². The lowest BCUT2D eigenvalue weighted by Crippen LogP contribution is -2.07. The van der Waals surface area contributed by atoms with E-state index in [4.69, 9.17) is 0 Å². The first kappa shape index (κ1) is 14.1. The van der Waals surface area contributed by atoms with Crippen molar-refractivity contribution in [2.24, 2.45) is 0 Å². The van der Waals surface area contributed by atoms with Crippen molar-refractivity contribution in [2.75, 3.05) is 0 Å². The van der Waals surface area contributed by atoms with Crippen LogP contribution in [0.3, 0.4) is 0 Å². The number of benzene rings is 1. The second-order valence-corrected chi connectivity index (χ2v) is 4.29. The molecule has 0 aliphatic rings. The molecule has 0 bridgehead atoms. The van der Waals surface area contributed by atoms with Crippen molar-refractivity contribution in [1.82, 2.24) is 4.98 Å². The van der Waals surface area contributed by atoms with Gasteiger partial charge >= 0.3 is 0 Å². The number of pyridine rings is 1. The number of alkyl halides is 1. The molecule has 2 rings (SSSR count). The van der Waals surface area contributed by atoms with Gasteiger partial charge in [0.15, 0.2) is 5.78 Å². The van der Waals surface area contributed by atoms with Crippen molar-refractivity contribution < 1.29 is 4.79 Å². The van der Waals surface area contributed by atoms with Gasteiger partial charge in [-0.25, -0.2) is 0 Å². The van der Waals surface area contributed by atoms with Crippen LogP contribution in [0.1, 0.15) is 20.7 Å². The standard InChI is InChI=1S/C13H10BrNO.BrH/c14-12(10-5-2-1-3-6-10)13(16)11-7-4-8-15-9-11;/h1-9,12H;1H. The zero-order valence-electron chi connectivity index (χ0n) is 8.92. The summed E-state index contributed by atoms with van der Waals surface area (Å²) in [4.78, 5) is 15.7. The molecule has 1 unspecified atom stereocenters. The molecule has 1 atom stereocenters. The van der Waals surface area contributed by atoms with Gasteiger partial charge in [0.1, 0.15) is 4.83 Å². The number of nitrogens with zero attached hydrogens (tertiary/aromatic N) is 1. The number of carbonyl (C=O) groups is 1. The highest BCUT2D eigenvalue weighted by atomic mass is 79.9. The van der Waals surface area contributed by atoms with Crippen molar-refractivity contribution >= 4 is 38.7 Å². The summed E-state index contributed by atoms with van der Waals surface area (Å²) in [5, 5.41) is 0. The molecule has 0 fully saturated rings. The average Bonchev–Trinajstić information content (AvgIpc) is 2.39. The number of ketones is 1. The minimum absolute atomic E-state index is 0. The Morgan fingerprint density at radius 3 is 2.41 bits per heavy atom. The monoisotopic (exact) mass is 355 g/mol. The van der Waals surface area contributed by atoms with Gasteiger partial charge in [0.25, 0.3) is 0 Å². The van der Waals surface area contributed by atoms with Gasteiger partial charge in [-0.05, 0) is 17.7 Å². The number of Topliss-reactive ketones (excluding diaryl/α,β-unsaturated/α-hetero) is 1. The number of carbonyl (C=O) groups excluding carboxylic acids is 1. The summed E-state index contributed by atoms with van der Waals surface area (Å²) >= 11 is 3.41. The SMILES string of the molecule is Br.O=C(c1cccnc1)C(Br)c1ccccc1. The molecule has 0 aliphatic heterocycles. The molecule has 0 saturated carbocycles. The Morgan fingerprint density at radius 2 is 1.82 bits per heavy atom. The summed E-state index contributed by atoms with van der Waals surface area (Å²) in [7, 11) is 0. The van der Waals surface area contributed by atoms with Gasteiger partial charge in [-0.1, -0.05) is 46.3 Å². The highest BCUT2D eigenvalue weighted by Crippen LogP contribution is 2.26. The summed E-state index contributed by atoms with van der Waals surface area (Å²) in [5.74, 6) is 0.0271. The van der Waals surface area contributed by atoms with Crippen molar-refractivity contribution in [3.8, 4) is 0 Å². The highest BCUT2D eigenvalue weighted by Gasteiger charge is 2.18. The van der Waals surface area contributed by atoms with Gasteiger partial charge < -0.3 is 0 Å². The predicted molar refractivity (Wildman–Crippen MR) is 77.0 cm³/mol. The van der Waals surface area contributed by atoms with E-state index in [1.165, 1.54) is 0 Å². The fourth-order valence-electron chi connectivity index (χ4n) is 1.43. The molecular weight excluding hydrogens is 346 g/mol. The van der Waals surface area contributed by atoms with E-state index in [-0.39, 0.29) is 27.6 Å². The van der Waals surface area contributed by atoms with Crippen LogP contribution in [-0.4, -0.2) is 10.8 Å². The fraction of sp³-hybridized carbons (Fsp3) is 0.0769. The molecule has 0 aliphatic carbocycles. The summed E-state index contributed by atoms with van der Waals surface area (Å²) in [6.07, 6.45) is 3.24. The summed E-state index contributed by atoms with van der Waals surface area (Å²) in [5.41, 5.74) is 1.57. The molecule has 0 radical (unpaired) electrons. The lowest BCUT2D eigenvalue weighted by molar-refractivity contribution is 0.0991. The van der Waals surface area contributed by atoms with Crippen LogP contribution in [-0.2, 0) is 0 Å². The number of aromatic nitrogens is 1. The number of rotatable bonds is 3. The smallest absolute Gasteiger partial charge is 0.182 e. The van der Waals surface area contributed by atoms with Crippen molar-refractivity contribution in [3.63, 3.8) is 0 Å². The maximum absolute atomic E-state index is 12.1. The lowest BCUT2D eigenvalue weighted by atomic mass is 10.0. The van der Waals surface area contributed by atoms with Crippen molar-refractivity contribution in [2.45, 2.75) is 4.83 Å². The fourth-order valence-corrected chi connectivity index (χ4v) is 2.00. The Bertz CT molecular complexity index is 473. The van der Waals surface area contributed by atoms with E-state index >= 15 is 0 Å². The van der Waals surface area contributed by atoms with Crippen LogP contribution < -0.4 is 0 Å². The summed E-state index contributed by atoms with van der Waals surface area (Å²) in [6, 6.07) is 13.1. The topological polar surface area (TPSA) is 30.0 Å². The van der Waals surface area contributed by atoms with E-state index in [2.05, 4.69) is 20.9 Å². The van der Waals surface area contributed by atoms with Gasteiger partial charge in [0.05, 0.1) is 0 Å². The normalized spacial score (nSPS) is 11.4. The zero-order valence-corrected chi connectivity index (χ0v) is 12.2. The van der Waals surface area contributed by atoms with Crippen LogP contribution in [0.15, 0.2) is 54.9 Å². The van der Waals surface area contributed by atoms with Crippen LogP contribution in [0.2, 0.25) is 0 Å². The molecule has 2 nitrogen and oxygen atoms in total. The highest BCUT2D eigenvalue weighted by molar-refractivity contribution is 9.09. The molecule has 88 valence electrons. The summed E-state index contributed by atoms with van der Waals surface area (Å²) < 4.78 is 0. The van der Waals surface area contributed by atoms with E-state index < -0.39 is 0 Å². The first-order chi connectivity index (χ1) is 7.79. The molecule has 0 spiro atoms. The molecule has 2 aromatic rings. The first-order valence-electron chi connectivity index (χ1n) is 4.92.